The van der Waals surface area contributed by atoms with Crippen LogP contribution in [0.2, 0.25) is 10.2 Å². The molecule has 0 atom stereocenters. The Hall–Kier alpha value is -0.692. The Kier molecular flexibility index (Phi) is 3.67. The van der Waals surface area contributed by atoms with Crippen LogP contribution in [0.1, 0.15) is 0 Å². The number of hydrogen-bond donors (Lipinski definition) is 0. The van der Waals surface area contributed by atoms with Gasteiger partial charge < -0.3 is 0 Å². The number of hydrogen-bond acceptors (Lipinski definition) is 2. The molecule has 0 saturated carbocycles. The summed E-state index contributed by atoms with van der Waals surface area (Å²) in [4.78, 5) is 8.59. The fourth-order valence-corrected chi connectivity index (χ4v) is 2.03. The van der Waals surface area contributed by atoms with E-state index in [4.69, 9.17) is 23.2 Å². The van der Waals surface area contributed by atoms with Gasteiger partial charge in [0, 0.05) is 38.0 Å². The molecule has 0 aliphatic rings. The van der Waals surface area contributed by atoms with E-state index >= 15 is 0 Å². The monoisotopic (exact) mass is 443 g/mol. The first-order valence-electron chi connectivity index (χ1n) is 4.75. The van der Waals surface area contributed by atoms with Gasteiger partial charge in [-0.15, -0.1) is 0 Å². The second-order valence-electron chi connectivity index (χ2n) is 3.47. The summed E-state index contributed by atoms with van der Waals surface area (Å²) >= 11 is 11.8. The third-order valence-electron chi connectivity index (χ3n) is 2.47. The number of fused-ring (bicyclic) bond motifs is 3. The van der Waals surface area contributed by atoms with Crippen molar-refractivity contribution < 1.29 is 21.1 Å². The van der Waals surface area contributed by atoms with E-state index in [1.807, 2.05) is 24.3 Å². The Labute approximate surface area is 122 Å². The van der Waals surface area contributed by atoms with E-state index < -0.39 is 0 Å². The molecule has 2 aromatic heterocycles. The van der Waals surface area contributed by atoms with Gasteiger partial charge in [0.1, 0.15) is 5.15 Å². The van der Waals surface area contributed by atoms with E-state index in [1.165, 1.54) is 0 Å². The van der Waals surface area contributed by atoms with Crippen LogP contribution >= 0.6 is 23.2 Å². The van der Waals surface area contributed by atoms with Crippen LogP contribution in [-0.4, -0.2) is 9.97 Å². The van der Waals surface area contributed by atoms with Crippen LogP contribution in [0.5, 0.6) is 0 Å². The second-order valence-corrected chi connectivity index (χ2v) is 4.24. The standard InChI is InChI=1S/C12H6Cl2N2.Pt/c13-9-6-8-4-3-7-2-1-5-15-10(7)11(8)16-12(9)14;/h1-6H;. The maximum absolute atomic E-state index is 5.92. The van der Waals surface area contributed by atoms with E-state index in [9.17, 15) is 0 Å². The molecule has 17 heavy (non-hydrogen) atoms. The van der Waals surface area contributed by atoms with Crippen molar-refractivity contribution in [2.45, 2.75) is 0 Å². The van der Waals surface area contributed by atoms with Crippen LogP contribution in [0, 0.1) is 0 Å². The number of pyridine rings is 2. The van der Waals surface area contributed by atoms with Crippen molar-refractivity contribution in [1.29, 1.82) is 0 Å². The van der Waals surface area contributed by atoms with E-state index in [0.717, 1.165) is 21.8 Å². The van der Waals surface area contributed by atoms with Gasteiger partial charge in [-0.1, -0.05) is 41.4 Å². The van der Waals surface area contributed by atoms with E-state index in [2.05, 4.69) is 9.97 Å². The molecule has 0 unspecified atom stereocenters. The molecule has 0 fully saturated rings. The van der Waals surface area contributed by atoms with Gasteiger partial charge in [0.05, 0.1) is 16.1 Å². The summed E-state index contributed by atoms with van der Waals surface area (Å²) in [5.74, 6) is 0. The Morgan fingerprint density at radius 3 is 2.53 bits per heavy atom. The normalized spacial score (nSPS) is 10.5. The fraction of sp³-hybridized carbons (Fsp3) is 0. The Bertz CT molecular complexity index is 700. The maximum Gasteiger partial charge on any atom is 0.148 e. The summed E-state index contributed by atoms with van der Waals surface area (Å²) in [5.41, 5.74) is 1.63. The molecule has 88 valence electrons. The molecule has 1 aromatic carbocycles. The zero-order valence-electron chi connectivity index (χ0n) is 8.43. The Morgan fingerprint density at radius 1 is 0.941 bits per heavy atom. The minimum Gasteiger partial charge on any atom is -0.254 e. The predicted octanol–water partition coefficient (Wildman–Crippen LogP) is 4.09. The number of benzene rings is 1. The fourth-order valence-electron chi connectivity index (χ4n) is 1.73. The topological polar surface area (TPSA) is 25.8 Å². The number of rotatable bonds is 0. The molecule has 0 aliphatic heterocycles. The van der Waals surface area contributed by atoms with Gasteiger partial charge in [-0.25, -0.2) is 4.98 Å². The smallest absolute Gasteiger partial charge is 0.148 e. The quantitative estimate of drug-likeness (QED) is 0.386. The molecule has 2 nitrogen and oxygen atoms in total. The third kappa shape index (κ3) is 2.17. The van der Waals surface area contributed by atoms with Crippen LogP contribution < -0.4 is 0 Å². The van der Waals surface area contributed by atoms with Gasteiger partial charge in [0.15, 0.2) is 0 Å². The molecule has 2 heterocycles. The third-order valence-corrected chi connectivity index (χ3v) is 3.14. The number of halogens is 2. The summed E-state index contributed by atoms with van der Waals surface area (Å²) in [6.07, 6.45) is 1.74. The molecular formula is C12H6Cl2N2Pt. The average Bonchev–Trinajstić information content (AvgIpc) is 2.31. The molecule has 0 saturated heterocycles. The largest absolute Gasteiger partial charge is 0.254 e. The maximum atomic E-state index is 5.92. The minimum atomic E-state index is 0. The van der Waals surface area contributed by atoms with Crippen molar-refractivity contribution in [2.75, 3.05) is 0 Å². The zero-order chi connectivity index (χ0) is 11.1. The first-order chi connectivity index (χ1) is 7.75. The van der Waals surface area contributed by atoms with Gasteiger partial charge in [0.25, 0.3) is 0 Å². The molecule has 0 spiro atoms. The number of aromatic nitrogens is 2. The van der Waals surface area contributed by atoms with Crippen molar-refractivity contribution in [3.63, 3.8) is 0 Å². The summed E-state index contributed by atoms with van der Waals surface area (Å²) in [5, 5.41) is 2.76. The van der Waals surface area contributed by atoms with E-state index in [1.54, 1.807) is 12.3 Å². The van der Waals surface area contributed by atoms with Crippen LogP contribution in [0.15, 0.2) is 36.5 Å². The summed E-state index contributed by atoms with van der Waals surface area (Å²) in [6.45, 7) is 0. The van der Waals surface area contributed by atoms with Crippen molar-refractivity contribution in [3.05, 3.63) is 46.7 Å². The first-order valence-corrected chi connectivity index (χ1v) is 5.51. The predicted molar refractivity (Wildman–Crippen MR) is 67.1 cm³/mol. The van der Waals surface area contributed by atoms with E-state index in [-0.39, 0.29) is 21.1 Å². The van der Waals surface area contributed by atoms with Crippen molar-refractivity contribution >= 4 is 45.0 Å². The number of nitrogens with zero attached hydrogens (tertiary/aromatic N) is 2. The molecule has 0 aliphatic carbocycles. The summed E-state index contributed by atoms with van der Waals surface area (Å²) < 4.78 is 0. The van der Waals surface area contributed by atoms with E-state index in [0.29, 0.717) is 10.2 Å². The second kappa shape index (κ2) is 4.89. The van der Waals surface area contributed by atoms with Gasteiger partial charge >= 0.3 is 0 Å². The van der Waals surface area contributed by atoms with Crippen LogP contribution in [0.4, 0.5) is 0 Å². The van der Waals surface area contributed by atoms with Crippen molar-refractivity contribution in [3.8, 4) is 0 Å². The van der Waals surface area contributed by atoms with Crippen molar-refractivity contribution in [1.82, 2.24) is 9.97 Å². The Balaban J connectivity index is 0.00000108. The van der Waals surface area contributed by atoms with Crippen LogP contribution in [-0.2, 0) is 21.1 Å². The molecule has 0 radical (unpaired) electrons. The van der Waals surface area contributed by atoms with Gasteiger partial charge in [0.2, 0.25) is 0 Å². The van der Waals surface area contributed by atoms with Crippen LogP contribution in [0.25, 0.3) is 21.8 Å². The summed E-state index contributed by atoms with van der Waals surface area (Å²) in [7, 11) is 0. The summed E-state index contributed by atoms with van der Waals surface area (Å²) in [6, 6.07) is 9.66. The van der Waals surface area contributed by atoms with Gasteiger partial charge in [-0.3, -0.25) is 4.98 Å². The van der Waals surface area contributed by atoms with Gasteiger partial charge in [-0.05, 0) is 12.1 Å². The zero-order valence-corrected chi connectivity index (χ0v) is 12.2. The Morgan fingerprint density at radius 2 is 1.71 bits per heavy atom. The molecule has 0 amide bonds. The van der Waals surface area contributed by atoms with Gasteiger partial charge in [-0.2, -0.15) is 0 Å². The van der Waals surface area contributed by atoms with Crippen molar-refractivity contribution in [2.24, 2.45) is 0 Å². The SMILES string of the molecule is Clc1cc2ccc3cccnc3c2nc1Cl.[Pt]. The molecular weight excluding hydrogens is 438 g/mol. The molecule has 0 N–H and O–H groups in total. The molecule has 3 aromatic rings. The first kappa shape index (κ1) is 12.8. The van der Waals surface area contributed by atoms with Crippen LogP contribution in [0.3, 0.4) is 0 Å². The molecule has 0 bridgehead atoms. The minimum absolute atomic E-state index is 0. The molecule has 3 rings (SSSR count). The average molecular weight is 444 g/mol. The molecule has 5 heteroatoms.